The number of rotatable bonds is 6. The first kappa shape index (κ1) is 24.8. The molecule has 0 saturated heterocycles. The van der Waals surface area contributed by atoms with Gasteiger partial charge in [-0.1, -0.05) is 47.1 Å². The molecule has 0 amide bonds. The zero-order chi connectivity index (χ0) is 24.7. The van der Waals surface area contributed by atoms with Gasteiger partial charge in [0.15, 0.2) is 5.78 Å². The minimum absolute atomic E-state index is 0.0328. The third-order valence-corrected chi connectivity index (χ3v) is 9.41. The van der Waals surface area contributed by atoms with Crippen molar-refractivity contribution in [3.05, 3.63) is 53.9 Å². The average Bonchev–Trinajstić information content (AvgIpc) is 2.82. The Labute approximate surface area is 205 Å². The fourth-order valence-corrected chi connectivity index (χ4v) is 7.65. The summed E-state index contributed by atoms with van der Waals surface area (Å²) in [5.41, 5.74) is 2.00. The molecule has 2 fully saturated rings. The number of carbonyl (C=O) groups excluding carboxylic acids is 1. The zero-order valence-corrected chi connectivity index (χ0v) is 21.9. The zero-order valence-electron chi connectivity index (χ0n) is 21.9. The first-order valence-corrected chi connectivity index (χ1v) is 12.8. The van der Waals surface area contributed by atoms with E-state index in [1.165, 1.54) is 12.8 Å². The molecule has 2 aliphatic carbocycles. The Kier molecular flexibility index (Phi) is 6.81. The van der Waals surface area contributed by atoms with E-state index in [0.717, 1.165) is 18.5 Å². The van der Waals surface area contributed by atoms with Crippen molar-refractivity contribution in [2.24, 2.45) is 34.5 Å². The van der Waals surface area contributed by atoms with Gasteiger partial charge in [0.1, 0.15) is 11.5 Å². The smallest absolute Gasteiger partial charge is 0.167 e. The van der Waals surface area contributed by atoms with Gasteiger partial charge in [0.2, 0.25) is 0 Å². The van der Waals surface area contributed by atoms with Gasteiger partial charge in [-0.15, -0.1) is 0 Å². The molecule has 0 spiro atoms. The summed E-state index contributed by atoms with van der Waals surface area (Å²) in [4.78, 5) is 19.1. The van der Waals surface area contributed by atoms with E-state index in [0.29, 0.717) is 34.8 Å². The number of Topliss-reactive ketones (excluding diaryl/α,β-unsaturated/α-hetero) is 1. The first-order valence-electron chi connectivity index (χ1n) is 12.8. The van der Waals surface area contributed by atoms with E-state index >= 15 is 0 Å². The summed E-state index contributed by atoms with van der Waals surface area (Å²) < 4.78 is 11.0. The molecule has 4 rings (SSSR count). The molecule has 34 heavy (non-hydrogen) atoms. The molecule has 1 aromatic carbocycles. The van der Waals surface area contributed by atoms with Gasteiger partial charge in [-0.25, -0.2) is 0 Å². The van der Waals surface area contributed by atoms with E-state index in [-0.39, 0.29) is 28.4 Å². The van der Waals surface area contributed by atoms with Crippen LogP contribution in [0.3, 0.4) is 0 Å². The lowest BCUT2D eigenvalue weighted by atomic mass is 9.43. The standard InChI is InChI=1S/C30H41NO3/c1-19(25-11-8-9-14-31-25)24-18-26-29(3,4)12-10-13-30(26,5)27(20(24)2)28(32)21-15-22(33-6)17-23(16-21)34-7/h8-9,11,14-17,19-20,24,26-27H,10,12-13,18H2,1-7H3/t19?,20-,24?,26?,27?,30?/m1/s1. The molecule has 0 bridgehead atoms. The van der Waals surface area contributed by atoms with Crippen molar-refractivity contribution in [3.63, 3.8) is 0 Å². The summed E-state index contributed by atoms with van der Waals surface area (Å²) >= 11 is 0. The molecule has 184 valence electrons. The van der Waals surface area contributed by atoms with Gasteiger partial charge in [-0.2, -0.15) is 0 Å². The second-order valence-corrected chi connectivity index (χ2v) is 11.6. The van der Waals surface area contributed by atoms with Crippen LogP contribution in [0.15, 0.2) is 42.6 Å². The topological polar surface area (TPSA) is 48.4 Å². The highest BCUT2D eigenvalue weighted by Gasteiger charge is 2.59. The lowest BCUT2D eigenvalue weighted by Crippen LogP contribution is -2.56. The minimum Gasteiger partial charge on any atom is -0.497 e. The Hall–Kier alpha value is -2.36. The number of hydrogen-bond donors (Lipinski definition) is 0. The Morgan fingerprint density at radius 2 is 1.74 bits per heavy atom. The number of benzene rings is 1. The molecule has 1 aromatic heterocycles. The summed E-state index contributed by atoms with van der Waals surface area (Å²) in [6.07, 6.45) is 6.54. The highest BCUT2D eigenvalue weighted by atomic mass is 16.5. The number of ketones is 1. The van der Waals surface area contributed by atoms with Crippen LogP contribution < -0.4 is 9.47 Å². The van der Waals surface area contributed by atoms with Gasteiger partial charge in [0, 0.05) is 35.4 Å². The molecule has 6 atom stereocenters. The van der Waals surface area contributed by atoms with Gasteiger partial charge >= 0.3 is 0 Å². The molecule has 2 saturated carbocycles. The maximum atomic E-state index is 14.4. The molecule has 2 aromatic rings. The summed E-state index contributed by atoms with van der Waals surface area (Å²) in [5.74, 6) is 2.93. The van der Waals surface area contributed by atoms with Crippen LogP contribution in [0.2, 0.25) is 0 Å². The van der Waals surface area contributed by atoms with Gasteiger partial charge in [-0.3, -0.25) is 9.78 Å². The lowest BCUT2D eigenvalue weighted by molar-refractivity contribution is -0.105. The predicted octanol–water partition coefficient (Wildman–Crippen LogP) is 7.19. The number of hydrogen-bond acceptors (Lipinski definition) is 4. The third-order valence-electron chi connectivity index (χ3n) is 9.41. The van der Waals surface area contributed by atoms with Crippen molar-refractivity contribution in [2.75, 3.05) is 14.2 Å². The first-order chi connectivity index (χ1) is 16.1. The van der Waals surface area contributed by atoms with Crippen molar-refractivity contribution < 1.29 is 14.3 Å². The van der Waals surface area contributed by atoms with E-state index in [2.05, 4.69) is 46.8 Å². The number of aromatic nitrogens is 1. The number of carbonyl (C=O) groups is 1. The largest absolute Gasteiger partial charge is 0.497 e. The maximum Gasteiger partial charge on any atom is 0.167 e. The Morgan fingerprint density at radius 3 is 2.32 bits per heavy atom. The monoisotopic (exact) mass is 463 g/mol. The van der Waals surface area contributed by atoms with Crippen molar-refractivity contribution >= 4 is 5.78 Å². The molecule has 2 aliphatic rings. The van der Waals surface area contributed by atoms with Crippen LogP contribution in [0.5, 0.6) is 11.5 Å². The number of pyridine rings is 1. The highest BCUT2D eigenvalue weighted by Crippen LogP contribution is 2.64. The summed E-state index contributed by atoms with van der Waals surface area (Å²) in [6.45, 7) is 11.9. The van der Waals surface area contributed by atoms with Crippen LogP contribution in [-0.4, -0.2) is 25.0 Å². The lowest BCUT2D eigenvalue weighted by Gasteiger charge is -2.61. The number of nitrogens with zero attached hydrogens (tertiary/aromatic N) is 1. The summed E-state index contributed by atoms with van der Waals surface area (Å²) in [5, 5.41) is 0. The second-order valence-electron chi connectivity index (χ2n) is 11.6. The molecule has 0 radical (unpaired) electrons. The molecule has 4 heteroatoms. The van der Waals surface area contributed by atoms with E-state index in [1.54, 1.807) is 14.2 Å². The van der Waals surface area contributed by atoms with Gasteiger partial charge < -0.3 is 9.47 Å². The van der Waals surface area contributed by atoms with E-state index in [1.807, 2.05) is 30.5 Å². The molecule has 4 nitrogen and oxygen atoms in total. The third kappa shape index (κ3) is 4.25. The molecule has 0 aliphatic heterocycles. The number of fused-ring (bicyclic) bond motifs is 1. The summed E-state index contributed by atoms with van der Waals surface area (Å²) in [6, 6.07) is 11.8. The maximum absolute atomic E-state index is 14.4. The fraction of sp³-hybridized carbons (Fsp3) is 0.600. The predicted molar refractivity (Wildman–Crippen MR) is 137 cm³/mol. The van der Waals surface area contributed by atoms with Crippen LogP contribution in [-0.2, 0) is 0 Å². The SMILES string of the molecule is COc1cc(OC)cc(C(=O)C2[C@H](C)C(C(C)c3ccccn3)CC3C(C)(C)CCCC23C)c1. The van der Waals surface area contributed by atoms with Crippen molar-refractivity contribution in [1.29, 1.82) is 0 Å². The van der Waals surface area contributed by atoms with Crippen molar-refractivity contribution in [1.82, 2.24) is 4.98 Å². The van der Waals surface area contributed by atoms with Gasteiger partial charge in [-0.05, 0) is 72.1 Å². The van der Waals surface area contributed by atoms with Crippen LogP contribution in [0, 0.1) is 34.5 Å². The van der Waals surface area contributed by atoms with E-state index in [4.69, 9.17) is 14.5 Å². The molecule has 1 heterocycles. The Morgan fingerprint density at radius 1 is 1.06 bits per heavy atom. The van der Waals surface area contributed by atoms with Gasteiger partial charge in [0.25, 0.3) is 0 Å². The van der Waals surface area contributed by atoms with Crippen LogP contribution in [0.4, 0.5) is 0 Å². The molecular formula is C30H41NO3. The van der Waals surface area contributed by atoms with Crippen molar-refractivity contribution in [3.8, 4) is 11.5 Å². The Bertz CT molecular complexity index is 995. The van der Waals surface area contributed by atoms with Crippen LogP contribution >= 0.6 is 0 Å². The highest BCUT2D eigenvalue weighted by molar-refractivity contribution is 5.99. The Balaban J connectivity index is 1.80. The normalized spacial score (nSPS) is 31.3. The van der Waals surface area contributed by atoms with Gasteiger partial charge in [0.05, 0.1) is 14.2 Å². The number of ether oxygens (including phenoxy) is 2. The fourth-order valence-electron chi connectivity index (χ4n) is 7.65. The summed E-state index contributed by atoms with van der Waals surface area (Å²) in [7, 11) is 3.27. The molecular weight excluding hydrogens is 422 g/mol. The van der Waals surface area contributed by atoms with Crippen molar-refractivity contribution in [2.45, 2.75) is 66.2 Å². The quantitative estimate of drug-likeness (QED) is 0.425. The van der Waals surface area contributed by atoms with E-state index in [9.17, 15) is 4.79 Å². The molecule has 0 N–H and O–H groups in total. The number of methoxy groups -OCH3 is 2. The van der Waals surface area contributed by atoms with E-state index < -0.39 is 0 Å². The minimum atomic E-state index is -0.0567. The second kappa shape index (κ2) is 9.36. The molecule has 5 unspecified atom stereocenters. The van der Waals surface area contributed by atoms with Crippen LogP contribution in [0.1, 0.15) is 82.3 Å². The average molecular weight is 464 g/mol. The van der Waals surface area contributed by atoms with Crippen LogP contribution in [0.25, 0.3) is 0 Å².